The number of anilines is 2. The molecule has 3 heterocycles. The number of rotatable bonds is 9. The molecule has 43 heavy (non-hydrogen) atoms. The molecular formula is C33H35N5O5. The molecule has 3 N–H and O–H groups in total. The maximum atomic E-state index is 13.3. The molecule has 0 aliphatic carbocycles. The van der Waals surface area contributed by atoms with Gasteiger partial charge in [-0.15, -0.1) is 0 Å². The van der Waals surface area contributed by atoms with E-state index in [1.54, 1.807) is 37.4 Å². The fourth-order valence-electron chi connectivity index (χ4n) is 6.08. The lowest BCUT2D eigenvalue weighted by Crippen LogP contribution is -2.45. The van der Waals surface area contributed by atoms with E-state index in [-0.39, 0.29) is 11.8 Å². The van der Waals surface area contributed by atoms with Gasteiger partial charge in [-0.3, -0.25) is 19.3 Å². The Kier molecular flexibility index (Phi) is 7.98. The van der Waals surface area contributed by atoms with E-state index in [9.17, 15) is 14.4 Å². The first-order chi connectivity index (χ1) is 20.8. The van der Waals surface area contributed by atoms with Gasteiger partial charge in [0.15, 0.2) is 0 Å². The number of piperazine rings is 1. The second-order valence-electron chi connectivity index (χ2n) is 11.1. The van der Waals surface area contributed by atoms with Crippen LogP contribution in [0, 0.1) is 6.92 Å². The predicted octanol–water partition coefficient (Wildman–Crippen LogP) is 3.76. The third kappa shape index (κ3) is 5.77. The molecule has 0 aromatic heterocycles. The average molecular weight is 582 g/mol. The largest absolute Gasteiger partial charge is 0.465 e. The van der Waals surface area contributed by atoms with Gasteiger partial charge in [0.2, 0.25) is 0 Å². The summed E-state index contributed by atoms with van der Waals surface area (Å²) < 4.78 is 4.90. The lowest BCUT2D eigenvalue weighted by Gasteiger charge is -2.27. The van der Waals surface area contributed by atoms with E-state index in [0.717, 1.165) is 25.2 Å². The Balaban J connectivity index is 1.20. The molecule has 10 nitrogen and oxygen atoms in total. The summed E-state index contributed by atoms with van der Waals surface area (Å²) in [6, 6.07) is 21.2. The molecule has 2 saturated heterocycles. The van der Waals surface area contributed by atoms with E-state index in [4.69, 9.17) is 9.57 Å². The topological polar surface area (TPSA) is 112 Å². The van der Waals surface area contributed by atoms with Crippen molar-refractivity contribution in [3.63, 3.8) is 0 Å². The molecule has 3 aliphatic rings. The number of amides is 2. The van der Waals surface area contributed by atoms with Crippen molar-refractivity contribution >= 4 is 40.4 Å². The fourth-order valence-corrected chi connectivity index (χ4v) is 6.08. The Hall–Kier alpha value is -4.51. The molecule has 2 fully saturated rings. The van der Waals surface area contributed by atoms with Gasteiger partial charge in [0.05, 0.1) is 36.2 Å². The summed E-state index contributed by atoms with van der Waals surface area (Å²) in [7, 11) is 2.96. The number of benzene rings is 3. The van der Waals surface area contributed by atoms with Crippen LogP contribution in [0.5, 0.6) is 0 Å². The SMILES string of the molecule is COC(=O)c1cc2c(cc1C)/C(=C(/Nc1ccc(C(=O)N(C)OCCN3CC4C[C@H]3CN4)cc1)c1ccccc1)C(=O)N2. The third-order valence-corrected chi connectivity index (χ3v) is 8.35. The Morgan fingerprint density at radius 3 is 2.51 bits per heavy atom. The molecule has 3 aromatic rings. The minimum absolute atomic E-state index is 0.237. The summed E-state index contributed by atoms with van der Waals surface area (Å²) in [5, 5.41) is 11.1. The van der Waals surface area contributed by atoms with Crippen LogP contribution in [0.4, 0.5) is 11.4 Å². The lowest BCUT2D eigenvalue weighted by atomic mass is 9.96. The number of likely N-dealkylation sites (tertiary alicyclic amines) is 1. The van der Waals surface area contributed by atoms with Gasteiger partial charge in [0, 0.05) is 55.6 Å². The Bertz CT molecular complexity index is 1590. The van der Waals surface area contributed by atoms with E-state index in [1.807, 2.05) is 43.3 Å². The van der Waals surface area contributed by atoms with Gasteiger partial charge in [-0.25, -0.2) is 9.86 Å². The number of esters is 1. The van der Waals surface area contributed by atoms with Crippen molar-refractivity contribution in [2.24, 2.45) is 0 Å². The highest BCUT2D eigenvalue weighted by Crippen LogP contribution is 2.39. The summed E-state index contributed by atoms with van der Waals surface area (Å²) in [4.78, 5) is 46.8. The number of hydrogen-bond acceptors (Lipinski definition) is 8. The molecule has 0 spiro atoms. The van der Waals surface area contributed by atoms with Gasteiger partial charge in [0.25, 0.3) is 11.8 Å². The van der Waals surface area contributed by atoms with Crippen molar-refractivity contribution in [2.75, 3.05) is 51.0 Å². The Labute approximate surface area is 250 Å². The van der Waals surface area contributed by atoms with Crippen LogP contribution in [0.2, 0.25) is 0 Å². The first kappa shape index (κ1) is 28.6. The summed E-state index contributed by atoms with van der Waals surface area (Å²) in [6.45, 7) is 5.11. The number of hydroxylamine groups is 2. The normalized spacial score (nSPS) is 20.0. The quantitative estimate of drug-likeness (QED) is 0.199. The van der Waals surface area contributed by atoms with E-state index < -0.39 is 5.97 Å². The third-order valence-electron chi connectivity index (χ3n) is 8.35. The molecule has 0 radical (unpaired) electrons. The molecule has 2 atom stereocenters. The van der Waals surface area contributed by atoms with Gasteiger partial charge >= 0.3 is 5.97 Å². The number of nitrogens with one attached hydrogen (secondary N) is 3. The highest BCUT2D eigenvalue weighted by Gasteiger charge is 2.37. The van der Waals surface area contributed by atoms with Crippen molar-refractivity contribution in [3.8, 4) is 0 Å². The smallest absolute Gasteiger partial charge is 0.338 e. The molecule has 2 amide bonds. The van der Waals surface area contributed by atoms with Crippen LogP contribution >= 0.6 is 0 Å². The van der Waals surface area contributed by atoms with Crippen LogP contribution in [0.15, 0.2) is 66.7 Å². The minimum Gasteiger partial charge on any atom is -0.465 e. The molecular weight excluding hydrogens is 546 g/mol. The van der Waals surface area contributed by atoms with Gasteiger partial charge in [-0.2, -0.15) is 0 Å². The number of ether oxygens (including phenoxy) is 1. The second-order valence-corrected chi connectivity index (χ2v) is 11.1. The minimum atomic E-state index is -0.463. The summed E-state index contributed by atoms with van der Waals surface area (Å²) >= 11 is 0. The second kappa shape index (κ2) is 12.0. The van der Waals surface area contributed by atoms with Crippen LogP contribution in [-0.2, 0) is 14.4 Å². The van der Waals surface area contributed by atoms with Crippen LogP contribution < -0.4 is 16.0 Å². The Morgan fingerprint density at radius 2 is 1.84 bits per heavy atom. The number of fused-ring (bicyclic) bond motifs is 3. The molecule has 6 rings (SSSR count). The first-order valence-corrected chi connectivity index (χ1v) is 14.4. The molecule has 2 bridgehead atoms. The number of aryl methyl sites for hydroxylation is 1. The number of methoxy groups -OCH3 is 1. The van der Waals surface area contributed by atoms with E-state index in [1.165, 1.54) is 18.6 Å². The fraction of sp³-hybridized carbons (Fsp3) is 0.303. The molecule has 0 saturated carbocycles. The molecule has 10 heteroatoms. The van der Waals surface area contributed by atoms with Crippen molar-refractivity contribution in [1.82, 2.24) is 15.3 Å². The van der Waals surface area contributed by atoms with Gasteiger partial charge in [-0.1, -0.05) is 30.3 Å². The van der Waals surface area contributed by atoms with Crippen molar-refractivity contribution < 1.29 is 24.0 Å². The van der Waals surface area contributed by atoms with Crippen molar-refractivity contribution in [1.29, 1.82) is 0 Å². The zero-order valence-electron chi connectivity index (χ0n) is 24.5. The first-order valence-electron chi connectivity index (χ1n) is 14.4. The Morgan fingerprint density at radius 1 is 1.07 bits per heavy atom. The van der Waals surface area contributed by atoms with Gasteiger partial charge < -0.3 is 20.7 Å². The summed E-state index contributed by atoms with van der Waals surface area (Å²) in [6.07, 6.45) is 1.19. The summed E-state index contributed by atoms with van der Waals surface area (Å²) in [5.41, 5.74) is 5.38. The van der Waals surface area contributed by atoms with Crippen LogP contribution in [0.25, 0.3) is 11.3 Å². The number of carbonyl (C=O) groups is 3. The van der Waals surface area contributed by atoms with Crippen molar-refractivity contribution in [3.05, 3.63) is 94.5 Å². The number of nitrogens with zero attached hydrogens (tertiary/aromatic N) is 2. The number of carbonyl (C=O) groups excluding carboxylic acids is 3. The molecule has 3 aromatic carbocycles. The van der Waals surface area contributed by atoms with E-state index in [0.29, 0.717) is 63.6 Å². The maximum Gasteiger partial charge on any atom is 0.338 e. The standard InChI is InChI=1S/C33H35N5O5/c1-20-15-27-28(17-26(20)33(41)42-3)36-31(39)29(27)30(21-7-5-4-6-8-21)35-23-11-9-22(10-12-23)32(40)37(2)43-14-13-38-19-24-16-25(38)18-34-24/h4-12,15,17,24-25,34-35H,13-14,16,18-19H2,1-3H3,(H,36,39)/b30-29-/t24?,25-/m0/s1. The van der Waals surface area contributed by atoms with E-state index in [2.05, 4.69) is 20.9 Å². The lowest BCUT2D eigenvalue weighted by molar-refractivity contribution is -0.111. The van der Waals surface area contributed by atoms with Crippen LogP contribution in [-0.4, -0.2) is 80.2 Å². The number of hydrogen-bond donors (Lipinski definition) is 3. The maximum absolute atomic E-state index is 13.3. The van der Waals surface area contributed by atoms with Crippen molar-refractivity contribution in [2.45, 2.75) is 25.4 Å². The molecule has 1 unspecified atom stereocenters. The average Bonchev–Trinajstić information content (AvgIpc) is 3.73. The highest BCUT2D eigenvalue weighted by molar-refractivity contribution is 6.37. The monoisotopic (exact) mass is 581 g/mol. The van der Waals surface area contributed by atoms with Gasteiger partial charge in [0.1, 0.15) is 0 Å². The highest BCUT2D eigenvalue weighted by atomic mass is 16.7. The molecule has 3 aliphatic heterocycles. The molecule has 222 valence electrons. The predicted molar refractivity (Wildman–Crippen MR) is 164 cm³/mol. The van der Waals surface area contributed by atoms with E-state index >= 15 is 0 Å². The zero-order valence-corrected chi connectivity index (χ0v) is 24.5. The van der Waals surface area contributed by atoms with Crippen LogP contribution in [0.1, 0.15) is 43.8 Å². The van der Waals surface area contributed by atoms with Crippen LogP contribution in [0.3, 0.4) is 0 Å². The summed E-state index contributed by atoms with van der Waals surface area (Å²) in [5.74, 6) is -0.986. The zero-order chi connectivity index (χ0) is 30.1. The van der Waals surface area contributed by atoms with Gasteiger partial charge in [-0.05, 0) is 60.9 Å².